The van der Waals surface area contributed by atoms with Crippen molar-refractivity contribution < 1.29 is 4.74 Å². The van der Waals surface area contributed by atoms with Crippen LogP contribution in [0.1, 0.15) is 70.6 Å². The lowest BCUT2D eigenvalue weighted by Gasteiger charge is -2.46. The SMILES string of the molecule is CC(C)N1CCc2cc(CC(C)N3CCCC(C(C)(C)N4CCOCC4)CC3)ccc2C1. The van der Waals surface area contributed by atoms with Crippen LogP contribution in [0.2, 0.25) is 0 Å². The minimum absolute atomic E-state index is 0.283. The molecule has 3 aliphatic rings. The topological polar surface area (TPSA) is 19.0 Å². The first-order valence-electron chi connectivity index (χ1n) is 13.3. The lowest BCUT2D eigenvalue weighted by molar-refractivity contribution is -0.0343. The number of morpholine rings is 1. The highest BCUT2D eigenvalue weighted by Gasteiger charge is 2.37. The Balaban J connectivity index is 1.33. The highest BCUT2D eigenvalue weighted by atomic mass is 16.5. The lowest BCUT2D eigenvalue weighted by atomic mass is 9.80. The van der Waals surface area contributed by atoms with E-state index in [1.165, 1.54) is 57.3 Å². The molecule has 0 radical (unpaired) electrons. The first kappa shape index (κ1) is 24.2. The van der Waals surface area contributed by atoms with Gasteiger partial charge in [-0.3, -0.25) is 9.80 Å². The number of fused-ring (bicyclic) bond motifs is 1. The molecule has 0 spiro atoms. The van der Waals surface area contributed by atoms with Crippen LogP contribution in [0.4, 0.5) is 0 Å². The molecule has 3 heterocycles. The van der Waals surface area contributed by atoms with Crippen LogP contribution < -0.4 is 0 Å². The Hall–Kier alpha value is -0.940. The molecule has 0 saturated carbocycles. The molecule has 0 bridgehead atoms. The van der Waals surface area contributed by atoms with Gasteiger partial charge in [-0.05, 0) is 102 Å². The van der Waals surface area contributed by atoms with Gasteiger partial charge in [0.1, 0.15) is 0 Å². The first-order chi connectivity index (χ1) is 15.3. The number of hydrogen-bond acceptors (Lipinski definition) is 4. The van der Waals surface area contributed by atoms with Crippen LogP contribution in [0.3, 0.4) is 0 Å². The maximum Gasteiger partial charge on any atom is 0.0594 e. The molecule has 2 fully saturated rings. The van der Waals surface area contributed by atoms with Gasteiger partial charge in [0.25, 0.3) is 0 Å². The zero-order valence-corrected chi connectivity index (χ0v) is 21.4. The number of nitrogens with zero attached hydrogens (tertiary/aromatic N) is 3. The minimum Gasteiger partial charge on any atom is -0.379 e. The van der Waals surface area contributed by atoms with E-state index < -0.39 is 0 Å². The van der Waals surface area contributed by atoms with Gasteiger partial charge in [-0.2, -0.15) is 0 Å². The summed E-state index contributed by atoms with van der Waals surface area (Å²) in [6, 6.07) is 8.60. The van der Waals surface area contributed by atoms with E-state index in [-0.39, 0.29) is 5.54 Å². The molecule has 0 N–H and O–H groups in total. The summed E-state index contributed by atoms with van der Waals surface area (Å²) in [7, 11) is 0. The molecule has 32 heavy (non-hydrogen) atoms. The summed E-state index contributed by atoms with van der Waals surface area (Å²) < 4.78 is 5.61. The fraction of sp³-hybridized carbons (Fsp3) is 0.786. The summed E-state index contributed by atoms with van der Waals surface area (Å²) in [5, 5.41) is 0. The van der Waals surface area contributed by atoms with E-state index in [0.717, 1.165) is 38.8 Å². The predicted octanol–water partition coefficient (Wildman–Crippen LogP) is 4.60. The van der Waals surface area contributed by atoms with Gasteiger partial charge in [0.15, 0.2) is 0 Å². The third-order valence-corrected chi connectivity index (χ3v) is 8.79. The lowest BCUT2D eigenvalue weighted by Crippen LogP contribution is -2.54. The second-order valence-corrected chi connectivity index (χ2v) is 11.4. The molecule has 1 aromatic carbocycles. The molecule has 2 atom stereocenters. The van der Waals surface area contributed by atoms with Crippen molar-refractivity contribution in [2.24, 2.45) is 5.92 Å². The molecular weight excluding hydrogens is 394 g/mol. The van der Waals surface area contributed by atoms with Crippen molar-refractivity contribution in [1.82, 2.24) is 14.7 Å². The van der Waals surface area contributed by atoms with E-state index in [1.54, 1.807) is 11.1 Å². The zero-order chi connectivity index (χ0) is 22.7. The molecular formula is C28H47N3O. The van der Waals surface area contributed by atoms with E-state index in [4.69, 9.17) is 4.74 Å². The van der Waals surface area contributed by atoms with Gasteiger partial charge in [-0.1, -0.05) is 18.2 Å². The van der Waals surface area contributed by atoms with Gasteiger partial charge in [0.05, 0.1) is 13.2 Å². The van der Waals surface area contributed by atoms with E-state index >= 15 is 0 Å². The molecule has 1 aromatic rings. The fourth-order valence-corrected chi connectivity index (χ4v) is 6.33. The van der Waals surface area contributed by atoms with E-state index in [2.05, 4.69) is 67.5 Å². The number of rotatable bonds is 6. The van der Waals surface area contributed by atoms with Gasteiger partial charge >= 0.3 is 0 Å². The summed E-state index contributed by atoms with van der Waals surface area (Å²) in [6.45, 7) is 20.9. The van der Waals surface area contributed by atoms with Gasteiger partial charge < -0.3 is 9.64 Å². The van der Waals surface area contributed by atoms with Crippen molar-refractivity contribution in [3.8, 4) is 0 Å². The molecule has 4 rings (SSSR count). The first-order valence-corrected chi connectivity index (χ1v) is 13.3. The summed E-state index contributed by atoms with van der Waals surface area (Å²) in [6.07, 6.45) is 6.40. The Kier molecular flexibility index (Phi) is 7.97. The maximum absolute atomic E-state index is 5.61. The normalized spacial score (nSPS) is 25.5. The van der Waals surface area contributed by atoms with Crippen LogP contribution >= 0.6 is 0 Å². The molecule has 3 aliphatic heterocycles. The molecule has 180 valence electrons. The Morgan fingerprint density at radius 1 is 0.938 bits per heavy atom. The van der Waals surface area contributed by atoms with Gasteiger partial charge in [-0.15, -0.1) is 0 Å². The molecule has 2 saturated heterocycles. The second-order valence-electron chi connectivity index (χ2n) is 11.4. The Labute approximate surface area is 197 Å². The summed E-state index contributed by atoms with van der Waals surface area (Å²) in [4.78, 5) is 8.06. The molecule has 0 aliphatic carbocycles. The summed E-state index contributed by atoms with van der Waals surface area (Å²) in [5.41, 5.74) is 4.95. The number of ether oxygens (including phenoxy) is 1. The van der Waals surface area contributed by atoms with Crippen molar-refractivity contribution in [3.05, 3.63) is 34.9 Å². The van der Waals surface area contributed by atoms with Crippen LogP contribution in [-0.2, 0) is 24.1 Å². The molecule has 4 nitrogen and oxygen atoms in total. The average molecular weight is 442 g/mol. The fourth-order valence-electron chi connectivity index (χ4n) is 6.33. The van der Waals surface area contributed by atoms with Crippen LogP contribution in [-0.4, -0.2) is 78.3 Å². The van der Waals surface area contributed by atoms with E-state index in [9.17, 15) is 0 Å². The van der Waals surface area contributed by atoms with Crippen molar-refractivity contribution in [2.45, 2.75) is 90.9 Å². The average Bonchev–Trinajstić information content (AvgIpc) is 3.06. The highest BCUT2D eigenvalue weighted by Crippen LogP contribution is 2.34. The monoisotopic (exact) mass is 441 g/mol. The van der Waals surface area contributed by atoms with Crippen LogP contribution in [0.15, 0.2) is 18.2 Å². The van der Waals surface area contributed by atoms with E-state index in [1.807, 2.05) is 0 Å². The highest BCUT2D eigenvalue weighted by molar-refractivity contribution is 5.34. The van der Waals surface area contributed by atoms with Crippen molar-refractivity contribution in [1.29, 1.82) is 0 Å². The van der Waals surface area contributed by atoms with Gasteiger partial charge in [0, 0.05) is 43.8 Å². The minimum atomic E-state index is 0.283. The smallest absolute Gasteiger partial charge is 0.0594 e. The van der Waals surface area contributed by atoms with E-state index in [0.29, 0.717) is 12.1 Å². The van der Waals surface area contributed by atoms with Crippen LogP contribution in [0.25, 0.3) is 0 Å². The van der Waals surface area contributed by atoms with Crippen LogP contribution in [0, 0.1) is 5.92 Å². The molecule has 2 unspecified atom stereocenters. The van der Waals surface area contributed by atoms with Crippen molar-refractivity contribution in [3.63, 3.8) is 0 Å². The zero-order valence-electron chi connectivity index (χ0n) is 21.4. The van der Waals surface area contributed by atoms with Crippen LogP contribution in [0.5, 0.6) is 0 Å². The second kappa shape index (κ2) is 10.5. The molecule has 4 heteroatoms. The summed E-state index contributed by atoms with van der Waals surface area (Å²) in [5.74, 6) is 0.783. The third-order valence-electron chi connectivity index (χ3n) is 8.79. The van der Waals surface area contributed by atoms with Gasteiger partial charge in [-0.25, -0.2) is 0 Å². The number of hydrogen-bond donors (Lipinski definition) is 0. The maximum atomic E-state index is 5.61. The predicted molar refractivity (Wildman–Crippen MR) is 134 cm³/mol. The van der Waals surface area contributed by atoms with Gasteiger partial charge in [0.2, 0.25) is 0 Å². The number of likely N-dealkylation sites (tertiary alicyclic amines) is 1. The number of benzene rings is 1. The Morgan fingerprint density at radius 2 is 1.72 bits per heavy atom. The quantitative estimate of drug-likeness (QED) is 0.642. The summed E-state index contributed by atoms with van der Waals surface area (Å²) >= 11 is 0. The molecule has 0 amide bonds. The largest absolute Gasteiger partial charge is 0.379 e. The van der Waals surface area contributed by atoms with Crippen molar-refractivity contribution >= 4 is 0 Å². The Morgan fingerprint density at radius 3 is 2.47 bits per heavy atom. The third kappa shape index (κ3) is 5.58. The van der Waals surface area contributed by atoms with Crippen molar-refractivity contribution in [2.75, 3.05) is 45.9 Å². The molecule has 0 aromatic heterocycles. The Bertz CT molecular complexity index is 740. The standard InChI is InChI=1S/C28H47N3O/c1-22(2)30-13-10-25-20-24(8-9-26(25)21-30)19-23(3)29-12-6-7-27(11-14-29)28(4,5)31-15-17-32-18-16-31/h8-9,20,22-23,27H,6-7,10-19,21H2,1-5H3.